The molecule has 21 heavy (non-hydrogen) atoms. The molecule has 2 aromatic carbocycles. The van der Waals surface area contributed by atoms with E-state index in [1.165, 1.54) is 30.3 Å². The molecule has 0 saturated heterocycles. The summed E-state index contributed by atoms with van der Waals surface area (Å²) < 4.78 is 13.9. The Balaban J connectivity index is 2.20. The monoisotopic (exact) mass is 307 g/mol. The zero-order chi connectivity index (χ0) is 15.4. The fourth-order valence-corrected chi connectivity index (χ4v) is 2.15. The number of aryl methyl sites for hydroxylation is 1. The second kappa shape index (κ2) is 6.59. The molecule has 1 amide bonds. The predicted molar refractivity (Wildman–Crippen MR) is 81.5 cm³/mol. The van der Waals surface area contributed by atoms with Crippen LogP contribution in [0.25, 0.3) is 0 Å². The first-order chi connectivity index (χ1) is 10.0. The van der Waals surface area contributed by atoms with Crippen molar-refractivity contribution in [2.45, 2.75) is 19.8 Å². The molecule has 5 heteroatoms. The van der Waals surface area contributed by atoms with Gasteiger partial charge in [-0.05, 0) is 36.2 Å². The number of carbonyl (C=O) groups excluding carboxylic acids is 1. The molecule has 0 saturated carbocycles. The summed E-state index contributed by atoms with van der Waals surface area (Å²) in [7, 11) is 0. The van der Waals surface area contributed by atoms with Crippen molar-refractivity contribution < 1.29 is 14.3 Å². The third-order valence-electron chi connectivity index (χ3n) is 3.02. The number of carbonyl (C=O) groups is 1. The van der Waals surface area contributed by atoms with Crippen molar-refractivity contribution in [2.75, 3.05) is 5.32 Å². The van der Waals surface area contributed by atoms with Gasteiger partial charge in [0.1, 0.15) is 11.6 Å². The van der Waals surface area contributed by atoms with E-state index in [4.69, 9.17) is 11.6 Å². The first-order valence-electron chi connectivity index (χ1n) is 6.59. The van der Waals surface area contributed by atoms with Gasteiger partial charge in [0.2, 0.25) is 0 Å². The van der Waals surface area contributed by atoms with E-state index < -0.39 is 11.7 Å². The van der Waals surface area contributed by atoms with Crippen molar-refractivity contribution in [2.24, 2.45) is 0 Å². The Bertz CT molecular complexity index is 673. The van der Waals surface area contributed by atoms with E-state index in [2.05, 4.69) is 5.32 Å². The summed E-state index contributed by atoms with van der Waals surface area (Å²) in [4.78, 5) is 12.0. The number of rotatable bonds is 4. The first-order valence-corrected chi connectivity index (χ1v) is 6.97. The van der Waals surface area contributed by atoms with Crippen LogP contribution in [0.5, 0.6) is 5.75 Å². The summed E-state index contributed by atoms with van der Waals surface area (Å²) >= 11 is 5.71. The largest absolute Gasteiger partial charge is 0.506 e. The molecule has 0 spiro atoms. The van der Waals surface area contributed by atoms with Crippen LogP contribution in [0.2, 0.25) is 5.02 Å². The number of anilines is 1. The molecule has 2 rings (SSSR count). The predicted octanol–water partition coefficient (Wildman–Crippen LogP) is 4.39. The molecule has 0 fully saturated rings. The number of halogens is 2. The maximum absolute atomic E-state index is 13.9. The van der Waals surface area contributed by atoms with Crippen LogP contribution in [-0.4, -0.2) is 11.0 Å². The zero-order valence-electron chi connectivity index (χ0n) is 11.5. The molecule has 110 valence electrons. The van der Waals surface area contributed by atoms with Gasteiger partial charge < -0.3 is 10.4 Å². The summed E-state index contributed by atoms with van der Waals surface area (Å²) in [5.74, 6) is -1.36. The molecule has 0 radical (unpaired) electrons. The molecule has 2 aromatic rings. The van der Waals surface area contributed by atoms with E-state index in [0.717, 1.165) is 18.4 Å². The van der Waals surface area contributed by atoms with E-state index in [-0.39, 0.29) is 17.0 Å². The lowest BCUT2D eigenvalue weighted by Crippen LogP contribution is -2.14. The average Bonchev–Trinajstić information content (AvgIpc) is 2.42. The average molecular weight is 308 g/mol. The fraction of sp³-hybridized carbons (Fsp3) is 0.188. The maximum atomic E-state index is 13.9. The van der Waals surface area contributed by atoms with E-state index in [1.54, 1.807) is 6.07 Å². The Morgan fingerprint density at radius 1 is 1.29 bits per heavy atom. The molecule has 0 aliphatic carbocycles. The van der Waals surface area contributed by atoms with Crippen LogP contribution in [0.3, 0.4) is 0 Å². The van der Waals surface area contributed by atoms with Crippen LogP contribution in [0.15, 0.2) is 36.4 Å². The Hall–Kier alpha value is -2.07. The Morgan fingerprint density at radius 3 is 2.67 bits per heavy atom. The van der Waals surface area contributed by atoms with Crippen LogP contribution in [0.1, 0.15) is 29.3 Å². The quantitative estimate of drug-likeness (QED) is 0.823. The minimum Gasteiger partial charge on any atom is -0.506 e. The van der Waals surface area contributed by atoms with Gasteiger partial charge in [0.25, 0.3) is 5.91 Å². The molecule has 0 bridgehead atoms. The van der Waals surface area contributed by atoms with Crippen LogP contribution in [0, 0.1) is 5.82 Å². The highest BCUT2D eigenvalue weighted by Crippen LogP contribution is 2.27. The summed E-state index contributed by atoms with van der Waals surface area (Å²) in [6, 6.07) is 8.82. The second-order valence-corrected chi connectivity index (χ2v) is 5.12. The summed E-state index contributed by atoms with van der Waals surface area (Å²) in [6.45, 7) is 2.00. The Labute approximate surface area is 127 Å². The summed E-state index contributed by atoms with van der Waals surface area (Å²) in [5, 5.41) is 12.5. The van der Waals surface area contributed by atoms with Gasteiger partial charge >= 0.3 is 0 Å². The fourth-order valence-electron chi connectivity index (χ4n) is 1.99. The second-order valence-electron chi connectivity index (χ2n) is 4.68. The smallest absolute Gasteiger partial charge is 0.258 e. The number of phenolic OH excluding ortho intramolecular Hbond substituents is 1. The number of nitrogens with one attached hydrogen (secondary N) is 1. The third kappa shape index (κ3) is 3.73. The van der Waals surface area contributed by atoms with Gasteiger partial charge in [-0.25, -0.2) is 4.39 Å². The summed E-state index contributed by atoms with van der Waals surface area (Å²) in [6.07, 6.45) is 1.67. The van der Waals surface area contributed by atoms with E-state index in [0.29, 0.717) is 5.02 Å². The van der Waals surface area contributed by atoms with Gasteiger partial charge in [-0.1, -0.05) is 31.0 Å². The lowest BCUT2D eigenvalue weighted by Gasteiger charge is -2.09. The zero-order valence-corrected chi connectivity index (χ0v) is 12.2. The highest BCUT2D eigenvalue weighted by Gasteiger charge is 2.14. The number of hydrogen-bond donors (Lipinski definition) is 2. The van der Waals surface area contributed by atoms with Crippen LogP contribution in [-0.2, 0) is 6.42 Å². The third-order valence-corrected chi connectivity index (χ3v) is 3.26. The van der Waals surface area contributed by atoms with Crippen molar-refractivity contribution in [3.05, 3.63) is 58.4 Å². The molecular weight excluding hydrogens is 293 g/mol. The highest BCUT2D eigenvalue weighted by molar-refractivity contribution is 6.30. The van der Waals surface area contributed by atoms with Crippen molar-refractivity contribution in [3.8, 4) is 5.75 Å². The minimum atomic E-state index is -0.617. The molecular formula is C16H15ClFNO2. The molecule has 0 aliphatic rings. The highest BCUT2D eigenvalue weighted by atomic mass is 35.5. The molecule has 2 N–H and O–H groups in total. The van der Waals surface area contributed by atoms with Crippen molar-refractivity contribution >= 4 is 23.2 Å². The normalized spacial score (nSPS) is 10.4. The first kappa shape index (κ1) is 15.3. The lowest BCUT2D eigenvalue weighted by atomic mass is 10.1. The van der Waals surface area contributed by atoms with E-state index >= 15 is 0 Å². The van der Waals surface area contributed by atoms with Crippen molar-refractivity contribution in [1.29, 1.82) is 0 Å². The summed E-state index contributed by atoms with van der Waals surface area (Å²) in [5.41, 5.74) is 0.964. The van der Waals surface area contributed by atoms with Gasteiger partial charge in [-0.3, -0.25) is 4.79 Å². The molecule has 0 atom stereocenters. The minimum absolute atomic E-state index is 0.0656. The lowest BCUT2D eigenvalue weighted by molar-refractivity contribution is 0.102. The van der Waals surface area contributed by atoms with Crippen LogP contribution in [0.4, 0.5) is 10.1 Å². The maximum Gasteiger partial charge on any atom is 0.258 e. The molecule has 3 nitrogen and oxygen atoms in total. The van der Waals surface area contributed by atoms with Gasteiger partial charge in [-0.2, -0.15) is 0 Å². The van der Waals surface area contributed by atoms with Gasteiger partial charge in [-0.15, -0.1) is 0 Å². The number of phenols is 1. The molecule has 0 heterocycles. The topological polar surface area (TPSA) is 49.3 Å². The SMILES string of the molecule is CCCc1ccc(C(=O)Nc2ccc(Cl)cc2O)c(F)c1. The molecule has 0 aromatic heterocycles. The Kier molecular flexibility index (Phi) is 4.81. The number of aromatic hydroxyl groups is 1. The van der Waals surface area contributed by atoms with E-state index in [1.807, 2.05) is 6.92 Å². The number of benzene rings is 2. The van der Waals surface area contributed by atoms with Crippen LogP contribution < -0.4 is 5.32 Å². The number of hydrogen-bond acceptors (Lipinski definition) is 2. The van der Waals surface area contributed by atoms with Gasteiger partial charge in [0, 0.05) is 11.1 Å². The standard InChI is InChI=1S/C16H15ClFNO2/c1-2-3-10-4-6-12(13(18)8-10)16(21)19-14-7-5-11(17)9-15(14)20/h4-9,20H,2-3H2,1H3,(H,19,21). The van der Waals surface area contributed by atoms with Crippen LogP contribution >= 0.6 is 11.6 Å². The molecule has 0 unspecified atom stereocenters. The van der Waals surface area contributed by atoms with Crippen molar-refractivity contribution in [1.82, 2.24) is 0 Å². The van der Waals surface area contributed by atoms with Gasteiger partial charge in [0.15, 0.2) is 0 Å². The molecule has 0 aliphatic heterocycles. The van der Waals surface area contributed by atoms with Crippen molar-refractivity contribution in [3.63, 3.8) is 0 Å². The Morgan fingerprint density at radius 2 is 2.05 bits per heavy atom. The number of amides is 1. The van der Waals surface area contributed by atoms with E-state index in [9.17, 15) is 14.3 Å². The van der Waals surface area contributed by atoms with Gasteiger partial charge in [0.05, 0.1) is 11.3 Å².